The van der Waals surface area contributed by atoms with Gasteiger partial charge in [-0.2, -0.15) is 0 Å². The lowest BCUT2D eigenvalue weighted by molar-refractivity contribution is -0.140. The molecule has 0 aliphatic carbocycles. The van der Waals surface area contributed by atoms with Crippen molar-refractivity contribution in [3.63, 3.8) is 0 Å². The summed E-state index contributed by atoms with van der Waals surface area (Å²) in [6.07, 6.45) is 1.52. The van der Waals surface area contributed by atoms with Crippen LogP contribution in [0.15, 0.2) is 95.6 Å². The molecule has 0 spiro atoms. The SMILES string of the molecule is Cc1ccc(C(C(=O)Nc2ccc(F)cc2)N(Cc2ccco2)C(=O)Cn2nnc3ccccc32)cc1. The van der Waals surface area contributed by atoms with Crippen LogP contribution in [0.2, 0.25) is 0 Å². The molecule has 0 saturated carbocycles. The van der Waals surface area contributed by atoms with E-state index >= 15 is 0 Å². The number of halogens is 1. The van der Waals surface area contributed by atoms with Crippen LogP contribution in [0.1, 0.15) is 22.9 Å². The number of amides is 2. The van der Waals surface area contributed by atoms with Crippen LogP contribution in [0.25, 0.3) is 11.0 Å². The Morgan fingerprint density at radius 1 is 1.00 bits per heavy atom. The number of carbonyl (C=O) groups excluding carboxylic acids is 2. The average Bonchev–Trinajstić information content (AvgIpc) is 3.56. The number of furan rings is 1. The van der Waals surface area contributed by atoms with Crippen molar-refractivity contribution in [2.45, 2.75) is 26.1 Å². The average molecular weight is 498 g/mol. The van der Waals surface area contributed by atoms with Crippen molar-refractivity contribution in [3.8, 4) is 0 Å². The summed E-state index contributed by atoms with van der Waals surface area (Å²) in [4.78, 5) is 29.0. The van der Waals surface area contributed by atoms with Gasteiger partial charge in [0.2, 0.25) is 5.91 Å². The third kappa shape index (κ3) is 5.40. The third-order valence-electron chi connectivity index (χ3n) is 6.00. The summed E-state index contributed by atoms with van der Waals surface area (Å²) < 4.78 is 20.5. The summed E-state index contributed by atoms with van der Waals surface area (Å²) in [6.45, 7) is 1.86. The second kappa shape index (κ2) is 10.4. The van der Waals surface area contributed by atoms with Crippen LogP contribution in [-0.4, -0.2) is 31.7 Å². The molecule has 3 aromatic carbocycles. The van der Waals surface area contributed by atoms with Crippen molar-refractivity contribution in [2.75, 3.05) is 5.32 Å². The van der Waals surface area contributed by atoms with Gasteiger partial charge in [-0.05, 0) is 61.0 Å². The fourth-order valence-electron chi connectivity index (χ4n) is 4.11. The van der Waals surface area contributed by atoms with Gasteiger partial charge in [0.25, 0.3) is 5.91 Å². The Hall–Kier alpha value is -4.79. The molecule has 1 atom stereocenters. The number of nitrogens with one attached hydrogen (secondary N) is 1. The monoisotopic (exact) mass is 497 g/mol. The number of carbonyl (C=O) groups is 2. The van der Waals surface area contributed by atoms with Crippen LogP contribution in [-0.2, 0) is 22.7 Å². The van der Waals surface area contributed by atoms with E-state index in [-0.39, 0.29) is 19.0 Å². The number of aryl methyl sites for hydroxylation is 1. The molecular weight excluding hydrogens is 473 g/mol. The largest absolute Gasteiger partial charge is 0.467 e. The van der Waals surface area contributed by atoms with Gasteiger partial charge in [-0.1, -0.05) is 47.2 Å². The Bertz CT molecular complexity index is 1510. The Balaban J connectivity index is 1.52. The smallest absolute Gasteiger partial charge is 0.251 e. The minimum atomic E-state index is -1.00. The zero-order chi connectivity index (χ0) is 25.8. The lowest BCUT2D eigenvalue weighted by atomic mass is 10.0. The molecule has 5 rings (SSSR count). The van der Waals surface area contributed by atoms with E-state index in [1.54, 1.807) is 12.1 Å². The second-order valence-electron chi connectivity index (χ2n) is 8.65. The molecule has 0 saturated heterocycles. The molecule has 0 aliphatic heterocycles. The third-order valence-corrected chi connectivity index (χ3v) is 6.00. The highest BCUT2D eigenvalue weighted by Gasteiger charge is 2.33. The molecule has 0 bridgehead atoms. The zero-order valence-corrected chi connectivity index (χ0v) is 20.0. The van der Waals surface area contributed by atoms with Crippen molar-refractivity contribution in [1.29, 1.82) is 0 Å². The Morgan fingerprint density at radius 2 is 1.76 bits per heavy atom. The van der Waals surface area contributed by atoms with Gasteiger partial charge in [0.05, 0.1) is 18.3 Å². The van der Waals surface area contributed by atoms with Crippen molar-refractivity contribution in [2.24, 2.45) is 0 Å². The van der Waals surface area contributed by atoms with Crippen LogP contribution < -0.4 is 5.32 Å². The Labute approximate surface area is 212 Å². The summed E-state index contributed by atoms with van der Waals surface area (Å²) in [5.74, 6) is -0.697. The topological polar surface area (TPSA) is 93.3 Å². The van der Waals surface area contributed by atoms with Crippen LogP contribution in [0.5, 0.6) is 0 Å². The number of para-hydroxylation sites is 1. The molecule has 5 aromatic rings. The molecule has 2 heterocycles. The summed E-state index contributed by atoms with van der Waals surface area (Å²) in [5, 5.41) is 11.1. The normalized spacial score (nSPS) is 11.8. The standard InChI is InChI=1S/C28H24FN5O3/c1-19-8-10-20(11-9-19)27(28(36)30-22-14-12-21(29)13-15-22)33(17-23-5-4-16-37-23)26(35)18-34-25-7-3-2-6-24(25)31-32-34/h2-16,27H,17-18H2,1H3,(H,30,36). The van der Waals surface area contributed by atoms with Gasteiger partial charge >= 0.3 is 0 Å². The molecule has 37 heavy (non-hydrogen) atoms. The number of hydrogen-bond acceptors (Lipinski definition) is 5. The maximum atomic E-state index is 13.8. The number of aromatic nitrogens is 3. The van der Waals surface area contributed by atoms with E-state index in [9.17, 15) is 14.0 Å². The number of anilines is 1. The van der Waals surface area contributed by atoms with Gasteiger partial charge in [-0.15, -0.1) is 5.10 Å². The van der Waals surface area contributed by atoms with Crippen molar-refractivity contribution in [1.82, 2.24) is 19.9 Å². The Morgan fingerprint density at radius 3 is 2.49 bits per heavy atom. The number of rotatable bonds is 8. The zero-order valence-electron chi connectivity index (χ0n) is 20.0. The van der Waals surface area contributed by atoms with Crippen LogP contribution >= 0.6 is 0 Å². The molecule has 0 aliphatic rings. The van der Waals surface area contributed by atoms with Gasteiger partial charge in [-0.25, -0.2) is 9.07 Å². The quantitative estimate of drug-likeness (QED) is 0.330. The van der Waals surface area contributed by atoms with Crippen LogP contribution in [0, 0.1) is 12.7 Å². The molecular formula is C28H24FN5O3. The fraction of sp³-hybridized carbons (Fsp3) is 0.143. The Kier molecular flexibility index (Phi) is 6.76. The van der Waals surface area contributed by atoms with E-state index in [1.807, 2.05) is 55.5 Å². The van der Waals surface area contributed by atoms with E-state index in [1.165, 1.54) is 40.1 Å². The fourth-order valence-corrected chi connectivity index (χ4v) is 4.11. The molecule has 0 fully saturated rings. The van der Waals surface area contributed by atoms with Crippen LogP contribution in [0.4, 0.5) is 10.1 Å². The number of nitrogens with zero attached hydrogens (tertiary/aromatic N) is 4. The van der Waals surface area contributed by atoms with Gasteiger partial charge in [-0.3, -0.25) is 9.59 Å². The number of fused-ring (bicyclic) bond motifs is 1. The molecule has 0 radical (unpaired) electrons. The molecule has 186 valence electrons. The highest BCUT2D eigenvalue weighted by Crippen LogP contribution is 2.27. The minimum Gasteiger partial charge on any atom is -0.467 e. The van der Waals surface area contributed by atoms with Gasteiger partial charge in [0.1, 0.15) is 29.7 Å². The summed E-state index contributed by atoms with van der Waals surface area (Å²) in [7, 11) is 0. The van der Waals surface area contributed by atoms with E-state index in [4.69, 9.17) is 4.42 Å². The van der Waals surface area contributed by atoms with Gasteiger partial charge < -0.3 is 14.6 Å². The minimum absolute atomic E-state index is 0.0494. The van der Waals surface area contributed by atoms with Gasteiger partial charge in [0.15, 0.2) is 0 Å². The molecule has 1 N–H and O–H groups in total. The molecule has 2 aromatic heterocycles. The molecule has 8 nitrogen and oxygen atoms in total. The summed E-state index contributed by atoms with van der Waals surface area (Å²) in [5.41, 5.74) is 3.41. The lowest BCUT2D eigenvalue weighted by Gasteiger charge is -2.31. The second-order valence-corrected chi connectivity index (χ2v) is 8.65. The van der Waals surface area contributed by atoms with E-state index < -0.39 is 17.8 Å². The van der Waals surface area contributed by atoms with E-state index in [2.05, 4.69) is 15.6 Å². The first-order chi connectivity index (χ1) is 18.0. The number of benzene rings is 3. The van der Waals surface area contributed by atoms with Crippen molar-refractivity contribution < 1.29 is 18.4 Å². The molecule has 1 unspecified atom stereocenters. The van der Waals surface area contributed by atoms with Gasteiger partial charge in [0, 0.05) is 5.69 Å². The first-order valence-electron chi connectivity index (χ1n) is 11.7. The maximum absolute atomic E-state index is 13.8. The molecule has 2 amide bonds. The van der Waals surface area contributed by atoms with Crippen molar-refractivity contribution >= 4 is 28.5 Å². The lowest BCUT2D eigenvalue weighted by Crippen LogP contribution is -2.42. The predicted molar refractivity (Wildman–Crippen MR) is 136 cm³/mol. The number of hydrogen-bond donors (Lipinski definition) is 1. The first kappa shape index (κ1) is 23.9. The van der Waals surface area contributed by atoms with E-state index in [0.29, 0.717) is 28.0 Å². The van der Waals surface area contributed by atoms with Crippen LogP contribution in [0.3, 0.4) is 0 Å². The highest BCUT2D eigenvalue weighted by molar-refractivity contribution is 5.98. The molecule has 9 heteroatoms. The van der Waals surface area contributed by atoms with Crippen molar-refractivity contribution in [3.05, 3.63) is 114 Å². The predicted octanol–water partition coefficient (Wildman–Crippen LogP) is 4.88. The maximum Gasteiger partial charge on any atom is 0.251 e. The summed E-state index contributed by atoms with van der Waals surface area (Å²) in [6, 6.07) is 22.7. The van der Waals surface area contributed by atoms with E-state index in [0.717, 1.165) is 5.56 Å². The summed E-state index contributed by atoms with van der Waals surface area (Å²) >= 11 is 0. The first-order valence-corrected chi connectivity index (χ1v) is 11.7. The highest BCUT2D eigenvalue weighted by atomic mass is 19.1.